The highest BCUT2D eigenvalue weighted by atomic mass is 16.2. The molecule has 0 radical (unpaired) electrons. The van der Waals surface area contributed by atoms with Gasteiger partial charge in [0.25, 0.3) is 0 Å². The van der Waals surface area contributed by atoms with E-state index in [2.05, 4.69) is 38.2 Å². The van der Waals surface area contributed by atoms with Crippen LogP contribution in [0.5, 0.6) is 0 Å². The first kappa shape index (κ1) is 45.2. The zero-order valence-electron chi connectivity index (χ0n) is 31.8. The van der Waals surface area contributed by atoms with Crippen molar-refractivity contribution >= 4 is 17.7 Å². The van der Waals surface area contributed by atoms with Gasteiger partial charge in [-0.3, -0.25) is 14.4 Å². The average molecular weight is 659 g/mol. The molecule has 5 heteroatoms. The van der Waals surface area contributed by atoms with E-state index in [1.807, 2.05) is 19.0 Å². The maximum absolute atomic E-state index is 13.1. The van der Waals surface area contributed by atoms with E-state index in [1.165, 1.54) is 103 Å². The normalized spacial score (nSPS) is 11.8. The molecule has 0 heterocycles. The molecule has 0 bridgehead atoms. The molecular weight excluding hydrogens is 580 g/mol. The summed E-state index contributed by atoms with van der Waals surface area (Å²) in [6.45, 7) is 5.29. The minimum Gasteiger partial charge on any atom is -0.309 e. The summed E-state index contributed by atoms with van der Waals surface area (Å²) in [4.78, 5) is 42.2. The van der Waals surface area contributed by atoms with Crippen molar-refractivity contribution in [2.45, 2.75) is 206 Å². The molecule has 0 atom stereocenters. The Morgan fingerprint density at radius 1 is 0.383 bits per heavy atom. The van der Waals surface area contributed by atoms with Crippen molar-refractivity contribution in [1.29, 1.82) is 0 Å². The van der Waals surface area contributed by atoms with Gasteiger partial charge in [-0.1, -0.05) is 141 Å². The molecule has 0 spiro atoms. The van der Waals surface area contributed by atoms with Crippen LogP contribution in [0.3, 0.4) is 0 Å². The maximum Gasteiger partial charge on any atom is 0.236 e. The first-order valence-electron chi connectivity index (χ1n) is 20.3. The molecule has 0 rings (SSSR count). The van der Waals surface area contributed by atoms with Crippen molar-refractivity contribution in [2.75, 3.05) is 20.6 Å². The molecule has 0 unspecified atom stereocenters. The second-order valence-corrected chi connectivity index (χ2v) is 14.1. The predicted molar refractivity (Wildman–Crippen MR) is 204 cm³/mol. The van der Waals surface area contributed by atoms with Gasteiger partial charge in [0.2, 0.25) is 17.7 Å². The Hall–Kier alpha value is -1.75. The Kier molecular flexibility index (Phi) is 34.2. The van der Waals surface area contributed by atoms with Crippen LogP contribution in [-0.4, -0.2) is 48.2 Å². The van der Waals surface area contributed by atoms with Crippen LogP contribution in [0.1, 0.15) is 206 Å². The standard InChI is InChI=1S/C42H78N2O3/c1-5-7-9-11-13-15-17-19-21-23-25-27-29-31-33-36-40(45)44(42(47)38-35-39-43(3)4)41(46)37-34-32-30-28-26-24-22-20-18-16-14-12-10-8-6-2/h19-22H,5-18,23-39H2,1-4H3. The molecule has 0 fully saturated rings. The molecule has 3 amide bonds. The molecule has 0 aliphatic carbocycles. The number of hydrogen-bond acceptors (Lipinski definition) is 4. The monoisotopic (exact) mass is 659 g/mol. The van der Waals surface area contributed by atoms with Crippen LogP contribution in [0.2, 0.25) is 0 Å². The molecule has 5 nitrogen and oxygen atoms in total. The number of imide groups is 3. The SMILES string of the molecule is CCCCCCCCC=CCCCCCCCC(=O)N(C(=O)CCCCCCCC=CCCCCCCCC)C(=O)CCCN(C)C. The van der Waals surface area contributed by atoms with E-state index >= 15 is 0 Å². The largest absolute Gasteiger partial charge is 0.309 e. The number of nitrogens with zero attached hydrogens (tertiary/aromatic N) is 2. The fourth-order valence-electron chi connectivity index (χ4n) is 5.99. The number of allylic oxidation sites excluding steroid dienone is 4. The molecule has 0 saturated carbocycles. The molecule has 47 heavy (non-hydrogen) atoms. The van der Waals surface area contributed by atoms with Crippen molar-refractivity contribution in [1.82, 2.24) is 9.80 Å². The summed E-state index contributed by atoms with van der Waals surface area (Å²) in [5.41, 5.74) is 0. The Bertz CT molecular complexity index is 737. The van der Waals surface area contributed by atoms with E-state index in [9.17, 15) is 14.4 Å². The van der Waals surface area contributed by atoms with Crippen LogP contribution >= 0.6 is 0 Å². The molecule has 274 valence electrons. The fourth-order valence-corrected chi connectivity index (χ4v) is 5.99. The second kappa shape index (κ2) is 35.6. The molecule has 0 aromatic heterocycles. The van der Waals surface area contributed by atoms with Gasteiger partial charge in [-0.05, 0) is 91.3 Å². The number of hydrogen-bond donors (Lipinski definition) is 0. The molecule has 0 aliphatic heterocycles. The van der Waals surface area contributed by atoms with Crippen molar-refractivity contribution < 1.29 is 14.4 Å². The molecule has 0 aliphatic rings. The number of carbonyl (C=O) groups excluding carboxylic acids is 3. The van der Waals surface area contributed by atoms with E-state index in [0.29, 0.717) is 6.42 Å². The quantitative estimate of drug-likeness (QED) is 0.0510. The summed E-state index contributed by atoms with van der Waals surface area (Å²) in [6, 6.07) is 0. The third-order valence-corrected chi connectivity index (χ3v) is 9.05. The lowest BCUT2D eigenvalue weighted by Gasteiger charge is -2.20. The van der Waals surface area contributed by atoms with Gasteiger partial charge in [0.05, 0.1) is 0 Å². The summed E-state index contributed by atoms with van der Waals surface area (Å²) < 4.78 is 0. The predicted octanol–water partition coefficient (Wildman–Crippen LogP) is 12.3. The van der Waals surface area contributed by atoms with E-state index in [4.69, 9.17) is 0 Å². The van der Waals surface area contributed by atoms with Crippen molar-refractivity contribution in [2.24, 2.45) is 0 Å². The zero-order chi connectivity index (χ0) is 34.6. The Labute approximate surface area is 292 Å². The minimum atomic E-state index is -0.317. The summed E-state index contributed by atoms with van der Waals surface area (Å²) in [5, 5.41) is 0. The van der Waals surface area contributed by atoms with Gasteiger partial charge >= 0.3 is 0 Å². The first-order chi connectivity index (χ1) is 22.9. The highest BCUT2D eigenvalue weighted by molar-refractivity contribution is 6.10. The van der Waals surface area contributed by atoms with Gasteiger partial charge in [-0.2, -0.15) is 0 Å². The van der Waals surface area contributed by atoms with E-state index in [0.717, 1.165) is 75.7 Å². The number of rotatable bonds is 34. The number of amides is 3. The van der Waals surface area contributed by atoms with Gasteiger partial charge in [-0.15, -0.1) is 0 Å². The molecular formula is C42H78N2O3. The van der Waals surface area contributed by atoms with E-state index in [-0.39, 0.29) is 37.0 Å². The Morgan fingerprint density at radius 2 is 0.660 bits per heavy atom. The Morgan fingerprint density at radius 3 is 0.979 bits per heavy atom. The number of carbonyl (C=O) groups is 3. The Balaban J connectivity index is 4.22. The summed E-state index contributed by atoms with van der Waals surface area (Å²) in [6.07, 6.45) is 42.0. The highest BCUT2D eigenvalue weighted by Gasteiger charge is 2.27. The second-order valence-electron chi connectivity index (χ2n) is 14.1. The molecule has 0 aromatic carbocycles. The number of unbranched alkanes of at least 4 members (excludes halogenated alkanes) is 22. The molecule has 0 N–H and O–H groups in total. The smallest absolute Gasteiger partial charge is 0.236 e. The maximum atomic E-state index is 13.1. The fraction of sp³-hybridized carbons (Fsp3) is 0.833. The van der Waals surface area contributed by atoms with Gasteiger partial charge in [-0.25, -0.2) is 4.90 Å². The lowest BCUT2D eigenvalue weighted by atomic mass is 10.1. The van der Waals surface area contributed by atoms with E-state index in [1.54, 1.807) is 0 Å². The van der Waals surface area contributed by atoms with Crippen LogP contribution in [-0.2, 0) is 14.4 Å². The van der Waals surface area contributed by atoms with Crippen LogP contribution in [0, 0.1) is 0 Å². The molecule has 0 aromatic rings. The topological polar surface area (TPSA) is 57.7 Å². The first-order valence-corrected chi connectivity index (χ1v) is 20.3. The van der Waals surface area contributed by atoms with Crippen molar-refractivity contribution in [3.8, 4) is 0 Å². The third kappa shape index (κ3) is 31.3. The lowest BCUT2D eigenvalue weighted by Crippen LogP contribution is -2.41. The average Bonchev–Trinajstić information content (AvgIpc) is 3.04. The lowest BCUT2D eigenvalue weighted by molar-refractivity contribution is -0.154. The van der Waals surface area contributed by atoms with Crippen molar-refractivity contribution in [3.05, 3.63) is 24.3 Å². The third-order valence-electron chi connectivity index (χ3n) is 9.05. The summed E-state index contributed by atoms with van der Waals surface area (Å²) in [5.74, 6) is -0.909. The van der Waals surface area contributed by atoms with Crippen LogP contribution in [0.25, 0.3) is 0 Å². The van der Waals surface area contributed by atoms with E-state index < -0.39 is 0 Å². The van der Waals surface area contributed by atoms with Gasteiger partial charge in [0, 0.05) is 19.3 Å². The van der Waals surface area contributed by atoms with Gasteiger partial charge in [0.15, 0.2) is 0 Å². The van der Waals surface area contributed by atoms with Crippen LogP contribution in [0.15, 0.2) is 24.3 Å². The summed E-state index contributed by atoms with van der Waals surface area (Å²) >= 11 is 0. The summed E-state index contributed by atoms with van der Waals surface area (Å²) in [7, 11) is 3.94. The van der Waals surface area contributed by atoms with Crippen LogP contribution < -0.4 is 0 Å². The minimum absolute atomic E-state index is 0.244. The van der Waals surface area contributed by atoms with Gasteiger partial charge < -0.3 is 4.90 Å². The van der Waals surface area contributed by atoms with Gasteiger partial charge in [0.1, 0.15) is 0 Å². The van der Waals surface area contributed by atoms with Crippen molar-refractivity contribution in [3.63, 3.8) is 0 Å². The zero-order valence-corrected chi connectivity index (χ0v) is 31.8. The highest BCUT2D eigenvalue weighted by Crippen LogP contribution is 2.15. The molecule has 0 saturated heterocycles. The van der Waals surface area contributed by atoms with Crippen LogP contribution in [0.4, 0.5) is 0 Å².